The summed E-state index contributed by atoms with van der Waals surface area (Å²) < 4.78 is 0. The second-order valence-electron chi connectivity index (χ2n) is 3.14. The van der Waals surface area contributed by atoms with Gasteiger partial charge < -0.3 is 11.1 Å². The van der Waals surface area contributed by atoms with E-state index in [4.69, 9.17) is 5.73 Å². The zero-order valence-electron chi connectivity index (χ0n) is 8.38. The topological polar surface area (TPSA) is 55.1 Å². The van der Waals surface area contributed by atoms with Crippen LogP contribution in [0.2, 0.25) is 0 Å². The first kappa shape index (κ1) is 12.2. The van der Waals surface area contributed by atoms with Crippen LogP contribution in [-0.4, -0.2) is 18.5 Å². The number of rotatable bonds is 7. The Labute approximate surface area is 80.4 Å². The van der Waals surface area contributed by atoms with Gasteiger partial charge in [0, 0.05) is 6.54 Å². The van der Waals surface area contributed by atoms with Gasteiger partial charge in [-0.05, 0) is 6.42 Å². The highest BCUT2D eigenvalue weighted by molar-refractivity contribution is 5.81. The van der Waals surface area contributed by atoms with Crippen LogP contribution < -0.4 is 11.1 Å². The summed E-state index contributed by atoms with van der Waals surface area (Å²) in [6.07, 6.45) is 5.75. The molecule has 3 nitrogen and oxygen atoms in total. The van der Waals surface area contributed by atoms with Crippen LogP contribution in [0.4, 0.5) is 0 Å². The predicted octanol–water partition coefficient (Wildman–Crippen LogP) is 1.20. The molecule has 3 heteroatoms. The summed E-state index contributed by atoms with van der Waals surface area (Å²) in [5.41, 5.74) is 5.65. The number of carbonyl (C=O) groups is 1. The molecule has 0 aliphatic rings. The summed E-state index contributed by atoms with van der Waals surface area (Å²) in [5, 5.41) is 2.68. The van der Waals surface area contributed by atoms with Crippen LogP contribution >= 0.6 is 0 Å². The van der Waals surface area contributed by atoms with E-state index >= 15 is 0 Å². The molecule has 0 rings (SSSR count). The number of carbonyl (C=O) groups excluding carboxylic acids is 1. The van der Waals surface area contributed by atoms with Crippen LogP contribution in [0.3, 0.4) is 0 Å². The van der Waals surface area contributed by atoms with E-state index in [1.54, 1.807) is 6.08 Å². The summed E-state index contributed by atoms with van der Waals surface area (Å²) >= 11 is 0. The fourth-order valence-electron chi connectivity index (χ4n) is 1.05. The molecule has 0 spiro atoms. The monoisotopic (exact) mass is 184 g/mol. The van der Waals surface area contributed by atoms with E-state index in [9.17, 15) is 4.79 Å². The molecule has 0 aliphatic heterocycles. The van der Waals surface area contributed by atoms with Gasteiger partial charge in [-0.1, -0.05) is 32.3 Å². The number of nitrogens with one attached hydrogen (secondary N) is 1. The maximum Gasteiger partial charge on any atom is 0.237 e. The van der Waals surface area contributed by atoms with Crippen molar-refractivity contribution in [1.82, 2.24) is 5.32 Å². The molecule has 0 bridgehead atoms. The van der Waals surface area contributed by atoms with Crippen molar-refractivity contribution in [3.63, 3.8) is 0 Å². The molecule has 1 amide bonds. The van der Waals surface area contributed by atoms with Gasteiger partial charge in [-0.3, -0.25) is 4.79 Å². The van der Waals surface area contributed by atoms with Crippen molar-refractivity contribution in [2.45, 2.75) is 38.6 Å². The van der Waals surface area contributed by atoms with E-state index in [2.05, 4.69) is 18.8 Å². The minimum atomic E-state index is -0.355. The molecule has 0 aromatic rings. The standard InChI is InChI=1S/C10H20N2O/c1-3-5-6-7-9(11)10(13)12-8-4-2/h4,9H,2-3,5-8,11H2,1H3,(H,12,13). The molecule has 0 radical (unpaired) electrons. The molecule has 13 heavy (non-hydrogen) atoms. The normalized spacial score (nSPS) is 12.2. The Hall–Kier alpha value is -0.830. The molecule has 0 saturated carbocycles. The Morgan fingerprint density at radius 3 is 2.85 bits per heavy atom. The van der Waals surface area contributed by atoms with Crippen molar-refractivity contribution >= 4 is 5.91 Å². The Morgan fingerprint density at radius 2 is 2.31 bits per heavy atom. The lowest BCUT2D eigenvalue weighted by molar-refractivity contribution is -0.122. The van der Waals surface area contributed by atoms with E-state index in [1.807, 2.05) is 0 Å². The number of amides is 1. The molecule has 76 valence electrons. The summed E-state index contributed by atoms with van der Waals surface area (Å²) in [5.74, 6) is -0.0731. The van der Waals surface area contributed by atoms with Crippen LogP contribution in [0.15, 0.2) is 12.7 Å². The first-order chi connectivity index (χ1) is 6.22. The van der Waals surface area contributed by atoms with Gasteiger partial charge in [0.2, 0.25) is 5.91 Å². The predicted molar refractivity (Wildman–Crippen MR) is 55.3 cm³/mol. The van der Waals surface area contributed by atoms with Gasteiger partial charge in [-0.15, -0.1) is 6.58 Å². The molecule has 0 aromatic heterocycles. The number of unbranched alkanes of at least 4 members (excludes halogenated alkanes) is 2. The second kappa shape index (κ2) is 7.80. The molecule has 1 atom stereocenters. The molecule has 0 aliphatic carbocycles. The third-order valence-electron chi connectivity index (χ3n) is 1.88. The minimum absolute atomic E-state index is 0.0731. The van der Waals surface area contributed by atoms with Gasteiger partial charge in [-0.25, -0.2) is 0 Å². The molecule has 0 fully saturated rings. The van der Waals surface area contributed by atoms with Crippen LogP contribution in [0, 0.1) is 0 Å². The Bertz CT molecular complexity index is 157. The fourth-order valence-corrected chi connectivity index (χ4v) is 1.05. The summed E-state index contributed by atoms with van der Waals surface area (Å²) in [7, 11) is 0. The number of hydrogen-bond acceptors (Lipinski definition) is 2. The van der Waals surface area contributed by atoms with E-state index in [1.165, 1.54) is 0 Å². The molecule has 0 aromatic carbocycles. The van der Waals surface area contributed by atoms with Crippen LogP contribution in [0.5, 0.6) is 0 Å². The number of hydrogen-bond donors (Lipinski definition) is 2. The molecular formula is C10H20N2O. The lowest BCUT2D eigenvalue weighted by Crippen LogP contribution is -2.40. The SMILES string of the molecule is C=CCNC(=O)C(N)CCCCC. The van der Waals surface area contributed by atoms with Gasteiger partial charge in [0.1, 0.15) is 0 Å². The number of nitrogens with two attached hydrogens (primary N) is 1. The Morgan fingerprint density at radius 1 is 1.62 bits per heavy atom. The Balaban J connectivity index is 3.50. The van der Waals surface area contributed by atoms with Gasteiger partial charge in [0.15, 0.2) is 0 Å². The van der Waals surface area contributed by atoms with Crippen molar-refractivity contribution in [3.8, 4) is 0 Å². The van der Waals surface area contributed by atoms with Crippen molar-refractivity contribution in [2.75, 3.05) is 6.54 Å². The zero-order chi connectivity index (χ0) is 10.1. The first-order valence-corrected chi connectivity index (χ1v) is 4.86. The lowest BCUT2D eigenvalue weighted by atomic mass is 10.1. The summed E-state index contributed by atoms with van der Waals surface area (Å²) in [6.45, 7) is 6.14. The zero-order valence-corrected chi connectivity index (χ0v) is 8.38. The van der Waals surface area contributed by atoms with E-state index in [-0.39, 0.29) is 11.9 Å². The molecule has 0 saturated heterocycles. The smallest absolute Gasteiger partial charge is 0.237 e. The van der Waals surface area contributed by atoms with Gasteiger partial charge in [0.05, 0.1) is 6.04 Å². The first-order valence-electron chi connectivity index (χ1n) is 4.86. The fraction of sp³-hybridized carbons (Fsp3) is 0.700. The second-order valence-corrected chi connectivity index (χ2v) is 3.14. The highest BCUT2D eigenvalue weighted by Crippen LogP contribution is 2.01. The molecular weight excluding hydrogens is 164 g/mol. The van der Waals surface area contributed by atoms with E-state index < -0.39 is 0 Å². The third kappa shape index (κ3) is 6.34. The van der Waals surface area contributed by atoms with Crippen molar-refractivity contribution in [1.29, 1.82) is 0 Å². The van der Waals surface area contributed by atoms with Crippen molar-refractivity contribution in [3.05, 3.63) is 12.7 Å². The molecule has 1 unspecified atom stereocenters. The maximum atomic E-state index is 11.2. The highest BCUT2D eigenvalue weighted by atomic mass is 16.2. The van der Waals surface area contributed by atoms with E-state index in [0.717, 1.165) is 25.7 Å². The average Bonchev–Trinajstić information content (AvgIpc) is 2.14. The quantitative estimate of drug-likeness (QED) is 0.461. The minimum Gasteiger partial charge on any atom is -0.351 e. The van der Waals surface area contributed by atoms with Crippen LogP contribution in [0.1, 0.15) is 32.6 Å². The van der Waals surface area contributed by atoms with Crippen molar-refractivity contribution < 1.29 is 4.79 Å². The summed E-state index contributed by atoms with van der Waals surface area (Å²) in [6, 6.07) is -0.355. The van der Waals surface area contributed by atoms with Crippen LogP contribution in [-0.2, 0) is 4.79 Å². The van der Waals surface area contributed by atoms with Gasteiger partial charge in [-0.2, -0.15) is 0 Å². The lowest BCUT2D eigenvalue weighted by Gasteiger charge is -2.10. The maximum absolute atomic E-state index is 11.2. The van der Waals surface area contributed by atoms with Gasteiger partial charge >= 0.3 is 0 Å². The molecule has 3 N–H and O–H groups in total. The van der Waals surface area contributed by atoms with E-state index in [0.29, 0.717) is 6.54 Å². The summed E-state index contributed by atoms with van der Waals surface area (Å²) in [4.78, 5) is 11.2. The van der Waals surface area contributed by atoms with Crippen molar-refractivity contribution in [2.24, 2.45) is 5.73 Å². The third-order valence-corrected chi connectivity index (χ3v) is 1.88. The average molecular weight is 184 g/mol. The van der Waals surface area contributed by atoms with Crippen LogP contribution in [0.25, 0.3) is 0 Å². The molecule has 0 heterocycles. The highest BCUT2D eigenvalue weighted by Gasteiger charge is 2.10. The Kier molecular flexibility index (Phi) is 7.30. The largest absolute Gasteiger partial charge is 0.351 e. The van der Waals surface area contributed by atoms with Gasteiger partial charge in [0.25, 0.3) is 0 Å².